The summed E-state index contributed by atoms with van der Waals surface area (Å²) in [6.07, 6.45) is 5.99. The van der Waals surface area contributed by atoms with Crippen LogP contribution in [0.5, 0.6) is 17.2 Å². The minimum absolute atomic E-state index is 0.203. The van der Waals surface area contributed by atoms with Gasteiger partial charge in [0.2, 0.25) is 0 Å². The molecule has 1 amide bonds. The van der Waals surface area contributed by atoms with E-state index in [4.69, 9.17) is 14.2 Å². The quantitative estimate of drug-likeness (QED) is 0.286. The highest BCUT2D eigenvalue weighted by atomic mass is 32.1. The Morgan fingerprint density at radius 2 is 1.89 bits per heavy atom. The predicted octanol–water partition coefficient (Wildman–Crippen LogP) is 5.89. The molecule has 9 nitrogen and oxygen atoms in total. The van der Waals surface area contributed by atoms with Gasteiger partial charge in [0.05, 0.1) is 6.61 Å². The van der Waals surface area contributed by atoms with Crippen LogP contribution in [0.2, 0.25) is 0 Å². The van der Waals surface area contributed by atoms with Crippen molar-refractivity contribution < 1.29 is 19.0 Å². The molecule has 4 aromatic rings. The van der Waals surface area contributed by atoms with Crippen LogP contribution >= 0.6 is 11.3 Å². The topological polar surface area (TPSA) is 100 Å². The molecule has 0 fully saturated rings. The van der Waals surface area contributed by atoms with E-state index in [9.17, 15) is 4.79 Å². The number of anilines is 1. The van der Waals surface area contributed by atoms with Crippen LogP contribution in [0.15, 0.2) is 48.7 Å². The highest BCUT2D eigenvalue weighted by Gasteiger charge is 2.17. The number of aromatic nitrogens is 4. The van der Waals surface area contributed by atoms with E-state index in [1.165, 1.54) is 17.8 Å². The minimum atomic E-state index is -0.295. The molecule has 0 aliphatic carbocycles. The van der Waals surface area contributed by atoms with Gasteiger partial charge in [0, 0.05) is 48.3 Å². The van der Waals surface area contributed by atoms with E-state index in [1.807, 2.05) is 38.1 Å². The normalized spacial score (nSPS) is 13.9. The number of hydrogen-bond acceptors (Lipinski definition) is 8. The van der Waals surface area contributed by atoms with Crippen LogP contribution in [0.4, 0.5) is 5.13 Å². The molecule has 198 valence electrons. The first-order valence-electron chi connectivity index (χ1n) is 12.7. The first-order chi connectivity index (χ1) is 18.5. The molecule has 1 aliphatic heterocycles. The summed E-state index contributed by atoms with van der Waals surface area (Å²) in [5.41, 5.74) is 1.39. The summed E-state index contributed by atoms with van der Waals surface area (Å²) >= 11 is 1.42. The highest BCUT2D eigenvalue weighted by molar-refractivity contribution is 7.15. The van der Waals surface area contributed by atoms with Crippen LogP contribution in [-0.2, 0) is 17.7 Å². The molecule has 3 heterocycles. The van der Waals surface area contributed by atoms with E-state index in [2.05, 4.69) is 25.1 Å². The molecule has 0 saturated heterocycles. The molecule has 0 unspecified atom stereocenters. The molecule has 1 atom stereocenters. The summed E-state index contributed by atoms with van der Waals surface area (Å²) in [5, 5.41) is 12.2. The highest BCUT2D eigenvalue weighted by Crippen LogP contribution is 2.31. The number of carbonyl (C=O) groups is 1. The van der Waals surface area contributed by atoms with Crippen molar-refractivity contribution >= 4 is 22.4 Å². The van der Waals surface area contributed by atoms with Crippen molar-refractivity contribution in [2.24, 2.45) is 0 Å². The Morgan fingerprint density at radius 3 is 2.66 bits per heavy atom. The van der Waals surface area contributed by atoms with Crippen LogP contribution in [0.1, 0.15) is 47.2 Å². The number of amides is 1. The summed E-state index contributed by atoms with van der Waals surface area (Å²) in [7, 11) is 1.62. The number of carbonyl (C=O) groups excluding carboxylic acids is 1. The maximum absolute atomic E-state index is 13.0. The van der Waals surface area contributed by atoms with Gasteiger partial charge >= 0.3 is 0 Å². The number of thiazole rings is 1. The smallest absolute Gasteiger partial charge is 0.257 e. The van der Waals surface area contributed by atoms with E-state index in [-0.39, 0.29) is 12.0 Å². The summed E-state index contributed by atoms with van der Waals surface area (Å²) < 4.78 is 19.6. The molecule has 1 aliphatic rings. The molecule has 0 spiro atoms. The Balaban J connectivity index is 1.37. The van der Waals surface area contributed by atoms with Crippen molar-refractivity contribution in [1.82, 2.24) is 19.7 Å². The average molecular weight is 534 g/mol. The molecule has 38 heavy (non-hydrogen) atoms. The van der Waals surface area contributed by atoms with Gasteiger partial charge in [-0.15, -0.1) is 21.5 Å². The van der Waals surface area contributed by atoms with E-state index >= 15 is 0 Å². The summed E-state index contributed by atoms with van der Waals surface area (Å²) in [5.74, 6) is 3.26. The maximum atomic E-state index is 13.0. The molecule has 0 radical (unpaired) electrons. The number of nitrogens with zero attached hydrogens (tertiary/aromatic N) is 4. The third kappa shape index (κ3) is 6.20. The van der Waals surface area contributed by atoms with Crippen molar-refractivity contribution in [3.05, 3.63) is 64.9 Å². The maximum Gasteiger partial charge on any atom is 0.257 e. The van der Waals surface area contributed by atoms with Crippen molar-refractivity contribution in [3.8, 4) is 28.6 Å². The van der Waals surface area contributed by atoms with Gasteiger partial charge in [0.25, 0.3) is 5.91 Å². The average Bonchev–Trinajstić information content (AvgIpc) is 3.42. The monoisotopic (exact) mass is 533 g/mol. The Hall–Kier alpha value is -3.76. The predicted molar refractivity (Wildman–Crippen MR) is 146 cm³/mol. The minimum Gasteiger partial charge on any atom is -0.488 e. The van der Waals surface area contributed by atoms with E-state index in [1.54, 1.807) is 31.5 Å². The third-order valence-electron chi connectivity index (χ3n) is 6.18. The molecule has 2 aromatic carbocycles. The second-order valence-corrected chi connectivity index (χ2v) is 10.6. The molecular formula is C28H31N5O4S. The Kier molecular flexibility index (Phi) is 8.00. The second kappa shape index (κ2) is 11.7. The molecular weight excluding hydrogens is 502 g/mol. The Labute approximate surface area is 225 Å². The summed E-state index contributed by atoms with van der Waals surface area (Å²) in [4.78, 5) is 18.3. The zero-order valence-electron chi connectivity index (χ0n) is 21.8. The number of methoxy groups -OCH3 is 1. The first kappa shape index (κ1) is 25.9. The fourth-order valence-corrected chi connectivity index (χ4v) is 5.08. The third-order valence-corrected chi connectivity index (χ3v) is 7.01. The SMILES string of the molecule is COC[C@H](C)Oc1cc(Oc2ccc(-c3nnc4n3CCCCC4)cc2)cc(C(=O)Nc2ncc(C)s2)c1. The number of hydrogen-bond donors (Lipinski definition) is 1. The fourth-order valence-electron chi connectivity index (χ4n) is 4.42. The van der Waals surface area contributed by atoms with Crippen LogP contribution in [0, 0.1) is 6.92 Å². The van der Waals surface area contributed by atoms with Gasteiger partial charge in [-0.1, -0.05) is 6.42 Å². The summed E-state index contributed by atoms with van der Waals surface area (Å²) in [6.45, 7) is 5.20. The second-order valence-electron chi connectivity index (χ2n) is 9.34. The van der Waals surface area contributed by atoms with Crippen LogP contribution in [0.3, 0.4) is 0 Å². The fraction of sp³-hybridized carbons (Fsp3) is 0.357. The molecule has 1 N–H and O–H groups in total. The van der Waals surface area contributed by atoms with Gasteiger partial charge in [-0.3, -0.25) is 10.1 Å². The van der Waals surface area contributed by atoms with Gasteiger partial charge in [0.1, 0.15) is 29.2 Å². The number of rotatable bonds is 9. The largest absolute Gasteiger partial charge is 0.488 e. The number of nitrogens with one attached hydrogen (secondary N) is 1. The van der Waals surface area contributed by atoms with E-state index in [0.717, 1.165) is 47.9 Å². The van der Waals surface area contributed by atoms with Gasteiger partial charge < -0.3 is 18.8 Å². The molecule has 2 aromatic heterocycles. The number of aryl methyl sites for hydroxylation is 2. The van der Waals surface area contributed by atoms with Crippen molar-refractivity contribution in [3.63, 3.8) is 0 Å². The van der Waals surface area contributed by atoms with Crippen LogP contribution < -0.4 is 14.8 Å². The van der Waals surface area contributed by atoms with Gasteiger partial charge in [0.15, 0.2) is 11.0 Å². The van der Waals surface area contributed by atoms with Gasteiger partial charge in [-0.25, -0.2) is 4.98 Å². The molecule has 0 bridgehead atoms. The van der Waals surface area contributed by atoms with Gasteiger partial charge in [-0.2, -0.15) is 0 Å². The van der Waals surface area contributed by atoms with E-state index in [0.29, 0.717) is 34.6 Å². The number of fused-ring (bicyclic) bond motifs is 1. The van der Waals surface area contributed by atoms with E-state index < -0.39 is 0 Å². The lowest BCUT2D eigenvalue weighted by Gasteiger charge is -2.16. The van der Waals surface area contributed by atoms with Crippen molar-refractivity contribution in [2.75, 3.05) is 19.0 Å². The van der Waals surface area contributed by atoms with Crippen molar-refractivity contribution in [1.29, 1.82) is 0 Å². The Morgan fingerprint density at radius 1 is 1.08 bits per heavy atom. The number of benzene rings is 2. The zero-order chi connectivity index (χ0) is 26.5. The van der Waals surface area contributed by atoms with Gasteiger partial charge in [-0.05, 0) is 63.1 Å². The molecule has 10 heteroatoms. The van der Waals surface area contributed by atoms with Crippen LogP contribution in [0.25, 0.3) is 11.4 Å². The lowest BCUT2D eigenvalue weighted by atomic mass is 10.1. The lowest BCUT2D eigenvalue weighted by Crippen LogP contribution is -2.18. The number of ether oxygens (including phenoxy) is 3. The Bertz CT molecular complexity index is 1400. The first-order valence-corrected chi connectivity index (χ1v) is 13.5. The summed E-state index contributed by atoms with van der Waals surface area (Å²) in [6, 6.07) is 12.9. The molecule has 0 saturated carbocycles. The standard InChI is InChI=1S/C28H31N5O4S/c1-18(17-35-3)36-23-13-21(27(34)30-28-29-16-19(2)38-28)14-24(15-23)37-22-10-8-20(9-11-22)26-32-31-25-7-5-4-6-12-33(25)26/h8-11,13-16,18H,4-7,12,17H2,1-3H3,(H,29,30,34)/t18-/m0/s1. The lowest BCUT2D eigenvalue weighted by molar-refractivity contribution is 0.0916. The molecule has 5 rings (SSSR count). The van der Waals surface area contributed by atoms with Crippen LogP contribution in [-0.4, -0.2) is 45.5 Å². The zero-order valence-corrected chi connectivity index (χ0v) is 22.6. The van der Waals surface area contributed by atoms with Crippen molar-refractivity contribution in [2.45, 2.75) is 52.2 Å².